The van der Waals surface area contributed by atoms with Gasteiger partial charge < -0.3 is 9.72 Å². The lowest BCUT2D eigenvalue weighted by atomic mass is 9.83. The van der Waals surface area contributed by atoms with Gasteiger partial charge in [0.2, 0.25) is 10.0 Å². The van der Waals surface area contributed by atoms with Crippen molar-refractivity contribution in [3.05, 3.63) is 69.8 Å². The SMILES string of the molecule is COc1c(/C=C/c2ccc(NS(C)(=O)=O)nn2)cc(-c2ccc[nH]c2=O)cc1C(C)(C)C. The lowest BCUT2D eigenvalue weighted by Gasteiger charge is -2.24. The summed E-state index contributed by atoms with van der Waals surface area (Å²) in [5.41, 5.74) is 3.20. The number of hydrogen-bond acceptors (Lipinski definition) is 6. The molecule has 0 amide bonds. The fourth-order valence-electron chi connectivity index (χ4n) is 3.22. The molecule has 0 radical (unpaired) electrons. The van der Waals surface area contributed by atoms with E-state index in [0.29, 0.717) is 17.0 Å². The first-order valence-corrected chi connectivity index (χ1v) is 11.8. The van der Waals surface area contributed by atoms with Crippen LogP contribution < -0.4 is 15.0 Å². The van der Waals surface area contributed by atoms with E-state index in [0.717, 1.165) is 22.9 Å². The van der Waals surface area contributed by atoms with Crippen molar-refractivity contribution in [2.24, 2.45) is 0 Å². The van der Waals surface area contributed by atoms with Gasteiger partial charge in [0.25, 0.3) is 5.56 Å². The summed E-state index contributed by atoms with van der Waals surface area (Å²) in [6.45, 7) is 6.24. The monoisotopic (exact) mass is 454 g/mol. The van der Waals surface area contributed by atoms with Crippen LogP contribution in [0.2, 0.25) is 0 Å². The summed E-state index contributed by atoms with van der Waals surface area (Å²) in [5, 5.41) is 7.92. The Morgan fingerprint density at radius 1 is 1.09 bits per heavy atom. The predicted octanol–water partition coefficient (Wildman–Crippen LogP) is 3.68. The molecule has 9 heteroatoms. The zero-order valence-corrected chi connectivity index (χ0v) is 19.4. The number of nitrogens with one attached hydrogen (secondary N) is 2. The first-order chi connectivity index (χ1) is 15.0. The summed E-state index contributed by atoms with van der Waals surface area (Å²) < 4.78 is 30.7. The van der Waals surface area contributed by atoms with Crippen molar-refractivity contribution in [2.45, 2.75) is 26.2 Å². The quantitative estimate of drug-likeness (QED) is 0.587. The Bertz CT molecular complexity index is 1310. The number of pyridine rings is 1. The Labute approximate surface area is 187 Å². The second-order valence-corrected chi connectivity index (χ2v) is 10.1. The average Bonchev–Trinajstić information content (AvgIpc) is 2.71. The molecule has 8 nitrogen and oxygen atoms in total. The van der Waals surface area contributed by atoms with Gasteiger partial charge in [-0.1, -0.05) is 20.8 Å². The maximum absolute atomic E-state index is 12.4. The molecule has 0 fully saturated rings. The van der Waals surface area contributed by atoms with Crippen molar-refractivity contribution in [1.82, 2.24) is 15.2 Å². The number of nitrogens with zero attached hydrogens (tertiary/aromatic N) is 2. The topological polar surface area (TPSA) is 114 Å². The van der Waals surface area contributed by atoms with Gasteiger partial charge in [-0.05, 0) is 59.5 Å². The van der Waals surface area contributed by atoms with E-state index < -0.39 is 10.0 Å². The number of benzene rings is 1. The largest absolute Gasteiger partial charge is 0.496 e. The number of aromatic amines is 1. The summed E-state index contributed by atoms with van der Waals surface area (Å²) in [7, 11) is -1.81. The van der Waals surface area contributed by atoms with Crippen LogP contribution in [0, 0.1) is 0 Å². The van der Waals surface area contributed by atoms with Crippen LogP contribution in [-0.4, -0.2) is 37.0 Å². The number of aromatic nitrogens is 3. The van der Waals surface area contributed by atoms with E-state index in [9.17, 15) is 13.2 Å². The molecule has 0 aliphatic carbocycles. The number of methoxy groups -OCH3 is 1. The molecule has 0 saturated heterocycles. The van der Waals surface area contributed by atoms with Gasteiger partial charge in [-0.25, -0.2) is 8.42 Å². The Kier molecular flexibility index (Phi) is 6.50. The van der Waals surface area contributed by atoms with Gasteiger partial charge in [0.05, 0.1) is 19.1 Å². The number of hydrogen-bond donors (Lipinski definition) is 2. The number of H-pyrrole nitrogens is 1. The van der Waals surface area contributed by atoms with E-state index in [-0.39, 0.29) is 16.8 Å². The molecule has 2 heterocycles. The van der Waals surface area contributed by atoms with Gasteiger partial charge in [-0.2, -0.15) is 0 Å². The van der Waals surface area contributed by atoms with Crippen molar-refractivity contribution in [2.75, 3.05) is 18.1 Å². The van der Waals surface area contributed by atoms with Gasteiger partial charge in [-0.15, -0.1) is 10.2 Å². The standard InChI is InChI=1S/C23H26N4O4S/c1-23(2,3)19-14-16(18-7-6-12-24-22(18)28)13-15(21(19)31-4)8-9-17-10-11-20(26-25-17)27-32(5,29)30/h6-14H,1-5H3,(H,24,28)(H,26,27)/b9-8+. The predicted molar refractivity (Wildman–Crippen MR) is 127 cm³/mol. The van der Waals surface area contributed by atoms with E-state index in [2.05, 4.69) is 40.7 Å². The zero-order valence-electron chi connectivity index (χ0n) is 18.6. The number of sulfonamides is 1. The third-order valence-electron chi connectivity index (χ3n) is 4.67. The molecule has 168 valence electrons. The summed E-state index contributed by atoms with van der Waals surface area (Å²) in [6, 6.07) is 10.6. The normalized spacial score (nSPS) is 12.2. The summed E-state index contributed by atoms with van der Waals surface area (Å²) in [6.07, 6.45) is 6.23. The maximum atomic E-state index is 12.4. The number of rotatable bonds is 6. The Morgan fingerprint density at radius 3 is 2.41 bits per heavy atom. The molecule has 1 aromatic carbocycles. The fourth-order valence-corrected chi connectivity index (χ4v) is 3.70. The van der Waals surface area contributed by atoms with Crippen LogP contribution in [0.3, 0.4) is 0 Å². The van der Waals surface area contributed by atoms with Crippen LogP contribution in [0.15, 0.2) is 47.4 Å². The van der Waals surface area contributed by atoms with Crippen LogP contribution in [0.4, 0.5) is 5.82 Å². The molecule has 0 aliphatic rings. The van der Waals surface area contributed by atoms with Gasteiger partial charge in [0.15, 0.2) is 5.82 Å². The van der Waals surface area contributed by atoms with E-state index in [1.54, 1.807) is 37.6 Å². The minimum atomic E-state index is -3.42. The highest BCUT2D eigenvalue weighted by molar-refractivity contribution is 7.92. The van der Waals surface area contributed by atoms with E-state index >= 15 is 0 Å². The smallest absolute Gasteiger partial charge is 0.255 e. The van der Waals surface area contributed by atoms with Gasteiger partial charge >= 0.3 is 0 Å². The molecule has 0 saturated carbocycles. The second-order valence-electron chi connectivity index (χ2n) is 8.36. The molecule has 0 spiro atoms. The van der Waals surface area contributed by atoms with Crippen molar-refractivity contribution >= 4 is 28.0 Å². The van der Waals surface area contributed by atoms with E-state index in [1.807, 2.05) is 18.2 Å². The molecule has 2 N–H and O–H groups in total. The fraction of sp³-hybridized carbons (Fsp3) is 0.261. The molecule has 3 aromatic rings. The minimum Gasteiger partial charge on any atom is -0.496 e. The molecule has 3 rings (SSSR count). The van der Waals surface area contributed by atoms with Crippen LogP contribution in [-0.2, 0) is 15.4 Å². The number of ether oxygens (including phenoxy) is 1. The molecule has 32 heavy (non-hydrogen) atoms. The van der Waals surface area contributed by atoms with Crippen LogP contribution in [0.5, 0.6) is 5.75 Å². The average molecular weight is 455 g/mol. The van der Waals surface area contributed by atoms with Crippen molar-refractivity contribution in [3.63, 3.8) is 0 Å². The summed E-state index contributed by atoms with van der Waals surface area (Å²) in [5.74, 6) is 0.843. The van der Waals surface area contributed by atoms with E-state index in [4.69, 9.17) is 4.74 Å². The molecule has 0 atom stereocenters. The third-order valence-corrected chi connectivity index (χ3v) is 5.25. The van der Waals surface area contributed by atoms with E-state index in [1.165, 1.54) is 6.07 Å². The first kappa shape index (κ1) is 23.2. The Hall–Kier alpha value is -3.46. The number of anilines is 1. The lowest BCUT2D eigenvalue weighted by molar-refractivity contribution is 0.397. The minimum absolute atomic E-state index is 0.141. The highest BCUT2D eigenvalue weighted by Crippen LogP contribution is 2.38. The Morgan fingerprint density at radius 2 is 1.84 bits per heavy atom. The molecule has 0 aliphatic heterocycles. The van der Waals surface area contributed by atoms with Gasteiger partial charge in [-0.3, -0.25) is 9.52 Å². The molecule has 2 aromatic heterocycles. The maximum Gasteiger partial charge on any atom is 0.255 e. The zero-order chi connectivity index (χ0) is 23.5. The molecular formula is C23H26N4O4S. The van der Waals surface area contributed by atoms with Crippen molar-refractivity contribution in [1.29, 1.82) is 0 Å². The van der Waals surface area contributed by atoms with Crippen LogP contribution >= 0.6 is 0 Å². The highest BCUT2D eigenvalue weighted by Gasteiger charge is 2.22. The highest BCUT2D eigenvalue weighted by atomic mass is 32.2. The van der Waals surface area contributed by atoms with Crippen molar-refractivity contribution < 1.29 is 13.2 Å². The molecule has 0 bridgehead atoms. The third kappa shape index (κ3) is 5.61. The summed E-state index contributed by atoms with van der Waals surface area (Å²) in [4.78, 5) is 15.1. The molecule has 0 unspecified atom stereocenters. The second kappa shape index (κ2) is 8.96. The van der Waals surface area contributed by atoms with Gasteiger partial charge in [0, 0.05) is 22.9 Å². The molecular weight excluding hydrogens is 428 g/mol. The van der Waals surface area contributed by atoms with Crippen molar-refractivity contribution in [3.8, 4) is 16.9 Å². The first-order valence-electron chi connectivity index (χ1n) is 9.88. The summed E-state index contributed by atoms with van der Waals surface area (Å²) >= 11 is 0. The van der Waals surface area contributed by atoms with Gasteiger partial charge in [0.1, 0.15) is 5.75 Å². The Balaban J connectivity index is 2.07. The van der Waals surface area contributed by atoms with Crippen LogP contribution in [0.1, 0.15) is 37.6 Å². The lowest BCUT2D eigenvalue weighted by Crippen LogP contribution is -2.15. The van der Waals surface area contributed by atoms with Crippen LogP contribution in [0.25, 0.3) is 23.3 Å².